The van der Waals surface area contributed by atoms with E-state index in [0.29, 0.717) is 18.0 Å². The van der Waals surface area contributed by atoms with Crippen LogP contribution in [0.5, 0.6) is 11.5 Å². The maximum Gasteiger partial charge on any atom is 0.148 e. The Morgan fingerprint density at radius 3 is 2.32 bits per heavy atom. The number of hydrogen-bond donors (Lipinski definition) is 1. The van der Waals surface area contributed by atoms with Gasteiger partial charge in [0.15, 0.2) is 0 Å². The molecule has 0 fully saturated rings. The van der Waals surface area contributed by atoms with E-state index >= 15 is 0 Å². The molecule has 3 aromatic rings. The smallest absolute Gasteiger partial charge is 0.148 e. The van der Waals surface area contributed by atoms with Gasteiger partial charge in [-0.15, -0.1) is 0 Å². The summed E-state index contributed by atoms with van der Waals surface area (Å²) in [7, 11) is 3.24. The summed E-state index contributed by atoms with van der Waals surface area (Å²) in [4.78, 5) is 4.71. The fraction of sp³-hybridized carbons (Fsp3) is 0.235. The molecule has 1 heterocycles. The summed E-state index contributed by atoms with van der Waals surface area (Å²) in [5, 5.41) is 9.41. The maximum atomic E-state index is 9.41. The van der Waals surface area contributed by atoms with Crippen LogP contribution in [0.4, 0.5) is 0 Å². The molecule has 0 bridgehead atoms. The van der Waals surface area contributed by atoms with Crippen LogP contribution in [0.2, 0.25) is 0 Å². The molecule has 0 aliphatic heterocycles. The molecule has 2 aromatic carbocycles. The quantitative estimate of drug-likeness (QED) is 0.787. The first-order valence-electron chi connectivity index (χ1n) is 7.07. The van der Waals surface area contributed by atoms with E-state index < -0.39 is 0 Å². The Bertz CT molecular complexity index is 773. The molecule has 0 spiro atoms. The van der Waals surface area contributed by atoms with Crippen molar-refractivity contribution >= 4 is 11.0 Å². The van der Waals surface area contributed by atoms with Gasteiger partial charge in [-0.1, -0.05) is 18.2 Å². The number of para-hydroxylation sites is 2. The molecule has 0 atom stereocenters. The number of aliphatic hydroxyl groups excluding tert-OH is 1. The lowest BCUT2D eigenvalue weighted by Gasteiger charge is -2.14. The lowest BCUT2D eigenvalue weighted by atomic mass is 10.1. The molecule has 3 rings (SSSR count). The molecule has 0 radical (unpaired) electrons. The highest BCUT2D eigenvalue weighted by atomic mass is 16.5. The minimum atomic E-state index is 0.0326. The number of hydrogen-bond acceptors (Lipinski definition) is 4. The Hall–Kier alpha value is -2.53. The minimum Gasteiger partial charge on any atom is -0.496 e. The van der Waals surface area contributed by atoms with Gasteiger partial charge in [0.05, 0.1) is 31.9 Å². The third-order valence-electron chi connectivity index (χ3n) is 3.63. The molecule has 1 aromatic heterocycles. The summed E-state index contributed by atoms with van der Waals surface area (Å²) in [5.41, 5.74) is 2.63. The minimum absolute atomic E-state index is 0.0326. The Labute approximate surface area is 128 Å². The zero-order chi connectivity index (χ0) is 15.5. The summed E-state index contributed by atoms with van der Waals surface area (Å²) in [6.45, 7) is 0.488. The van der Waals surface area contributed by atoms with Crippen LogP contribution in [0.3, 0.4) is 0 Å². The topological polar surface area (TPSA) is 56.5 Å². The van der Waals surface area contributed by atoms with Crippen LogP contribution in [-0.4, -0.2) is 35.5 Å². The first-order valence-corrected chi connectivity index (χ1v) is 7.07. The number of nitrogens with zero attached hydrogens (tertiary/aromatic N) is 2. The van der Waals surface area contributed by atoms with Crippen molar-refractivity contribution in [2.24, 2.45) is 0 Å². The molecule has 5 nitrogen and oxygen atoms in total. The highest BCUT2D eigenvalue weighted by molar-refractivity contribution is 5.84. The van der Waals surface area contributed by atoms with Crippen molar-refractivity contribution in [1.82, 2.24) is 9.55 Å². The lowest BCUT2D eigenvalue weighted by Crippen LogP contribution is -2.05. The van der Waals surface area contributed by atoms with Gasteiger partial charge in [-0.25, -0.2) is 4.98 Å². The standard InChI is InChI=1S/C17H18N2O3/c1-21-14-8-5-9-15(22-2)16(14)17-18-12-6-3-4-7-13(12)19(17)10-11-20/h3-9,20H,10-11H2,1-2H3. The number of benzene rings is 2. The molecule has 0 unspecified atom stereocenters. The Morgan fingerprint density at radius 1 is 1.00 bits per heavy atom. The van der Waals surface area contributed by atoms with Crippen molar-refractivity contribution < 1.29 is 14.6 Å². The van der Waals surface area contributed by atoms with E-state index in [9.17, 15) is 5.11 Å². The van der Waals surface area contributed by atoms with Gasteiger partial charge in [-0.05, 0) is 24.3 Å². The SMILES string of the molecule is COc1cccc(OC)c1-c1nc2ccccc2n1CCO. The summed E-state index contributed by atoms with van der Waals surface area (Å²) < 4.78 is 12.9. The molecule has 0 aliphatic rings. The van der Waals surface area contributed by atoms with E-state index in [1.54, 1.807) is 14.2 Å². The Balaban J connectivity index is 2.32. The van der Waals surface area contributed by atoms with Gasteiger partial charge >= 0.3 is 0 Å². The van der Waals surface area contributed by atoms with E-state index in [1.165, 1.54) is 0 Å². The highest BCUT2D eigenvalue weighted by Crippen LogP contribution is 2.38. The number of rotatable bonds is 5. The number of imidazole rings is 1. The number of ether oxygens (including phenoxy) is 2. The van der Waals surface area contributed by atoms with Crippen LogP contribution in [0.15, 0.2) is 42.5 Å². The molecule has 22 heavy (non-hydrogen) atoms. The molecule has 114 valence electrons. The molecule has 0 aliphatic carbocycles. The van der Waals surface area contributed by atoms with E-state index in [1.807, 2.05) is 47.0 Å². The summed E-state index contributed by atoms with van der Waals surface area (Å²) in [6, 6.07) is 13.5. The average molecular weight is 298 g/mol. The van der Waals surface area contributed by atoms with Crippen molar-refractivity contribution in [2.75, 3.05) is 20.8 Å². The first-order chi connectivity index (χ1) is 10.8. The molecular formula is C17H18N2O3. The zero-order valence-corrected chi connectivity index (χ0v) is 12.6. The van der Waals surface area contributed by atoms with E-state index in [4.69, 9.17) is 14.5 Å². The number of methoxy groups -OCH3 is 2. The van der Waals surface area contributed by atoms with Crippen LogP contribution >= 0.6 is 0 Å². The zero-order valence-electron chi connectivity index (χ0n) is 12.6. The van der Waals surface area contributed by atoms with Gasteiger partial charge in [0.1, 0.15) is 22.9 Å². The Morgan fingerprint density at radius 2 is 1.68 bits per heavy atom. The number of aromatic nitrogens is 2. The molecule has 5 heteroatoms. The normalized spacial score (nSPS) is 10.9. The van der Waals surface area contributed by atoms with E-state index in [-0.39, 0.29) is 6.61 Å². The fourth-order valence-electron chi connectivity index (χ4n) is 2.66. The van der Waals surface area contributed by atoms with Crippen molar-refractivity contribution in [3.8, 4) is 22.9 Å². The van der Waals surface area contributed by atoms with Gasteiger partial charge in [0.25, 0.3) is 0 Å². The second-order valence-corrected chi connectivity index (χ2v) is 4.84. The second kappa shape index (κ2) is 6.07. The van der Waals surface area contributed by atoms with Crippen LogP contribution in [0, 0.1) is 0 Å². The fourth-order valence-corrected chi connectivity index (χ4v) is 2.66. The van der Waals surface area contributed by atoms with Gasteiger partial charge in [0.2, 0.25) is 0 Å². The van der Waals surface area contributed by atoms with Gasteiger partial charge in [-0.2, -0.15) is 0 Å². The molecule has 0 saturated carbocycles. The summed E-state index contributed by atoms with van der Waals surface area (Å²) >= 11 is 0. The van der Waals surface area contributed by atoms with Crippen LogP contribution in [-0.2, 0) is 6.54 Å². The molecule has 0 amide bonds. The summed E-state index contributed by atoms with van der Waals surface area (Å²) in [5.74, 6) is 2.10. The average Bonchev–Trinajstić information content (AvgIpc) is 2.93. The first kappa shape index (κ1) is 14.4. The van der Waals surface area contributed by atoms with Crippen LogP contribution < -0.4 is 9.47 Å². The van der Waals surface area contributed by atoms with Crippen molar-refractivity contribution in [3.63, 3.8) is 0 Å². The van der Waals surface area contributed by atoms with Crippen molar-refractivity contribution in [2.45, 2.75) is 6.54 Å². The van der Waals surface area contributed by atoms with Crippen LogP contribution in [0.1, 0.15) is 0 Å². The molecular weight excluding hydrogens is 280 g/mol. The van der Waals surface area contributed by atoms with Crippen molar-refractivity contribution in [1.29, 1.82) is 0 Å². The van der Waals surface area contributed by atoms with E-state index in [2.05, 4.69) is 0 Å². The molecule has 0 saturated heterocycles. The number of fused-ring (bicyclic) bond motifs is 1. The Kier molecular flexibility index (Phi) is 3.98. The highest BCUT2D eigenvalue weighted by Gasteiger charge is 2.19. The number of aliphatic hydroxyl groups is 1. The maximum absolute atomic E-state index is 9.41. The van der Waals surface area contributed by atoms with Gasteiger partial charge in [0, 0.05) is 6.54 Å². The van der Waals surface area contributed by atoms with Gasteiger partial charge in [-0.3, -0.25) is 0 Å². The predicted molar refractivity (Wildman–Crippen MR) is 85.4 cm³/mol. The predicted octanol–water partition coefficient (Wildman–Crippen LogP) is 2.71. The second-order valence-electron chi connectivity index (χ2n) is 4.84. The lowest BCUT2D eigenvalue weighted by molar-refractivity contribution is 0.278. The monoisotopic (exact) mass is 298 g/mol. The molecule has 1 N–H and O–H groups in total. The third kappa shape index (κ3) is 2.29. The summed E-state index contributed by atoms with van der Waals surface area (Å²) in [6.07, 6.45) is 0. The largest absolute Gasteiger partial charge is 0.496 e. The van der Waals surface area contributed by atoms with Crippen LogP contribution in [0.25, 0.3) is 22.4 Å². The third-order valence-corrected chi connectivity index (χ3v) is 3.63. The van der Waals surface area contributed by atoms with Crippen molar-refractivity contribution in [3.05, 3.63) is 42.5 Å². The van der Waals surface area contributed by atoms with E-state index in [0.717, 1.165) is 22.4 Å². The van der Waals surface area contributed by atoms with Gasteiger partial charge < -0.3 is 19.1 Å².